The van der Waals surface area contributed by atoms with Gasteiger partial charge in [0.15, 0.2) is 17.3 Å². The van der Waals surface area contributed by atoms with Gasteiger partial charge in [0.1, 0.15) is 5.82 Å². The highest BCUT2D eigenvalue weighted by Gasteiger charge is 2.30. The molecule has 2 heterocycles. The van der Waals surface area contributed by atoms with Crippen LogP contribution in [0.3, 0.4) is 0 Å². The van der Waals surface area contributed by atoms with Gasteiger partial charge in [-0.25, -0.2) is 9.40 Å². The Kier molecular flexibility index (Phi) is 4.93. The number of aromatic nitrogens is 2. The summed E-state index contributed by atoms with van der Waals surface area (Å²) in [5.41, 5.74) is 0.0151. The summed E-state index contributed by atoms with van der Waals surface area (Å²) >= 11 is 0. The van der Waals surface area contributed by atoms with E-state index in [1.807, 2.05) is 5.32 Å². The molecule has 11 nitrogen and oxygen atoms in total. The number of methoxy groups -OCH3 is 1. The Labute approximate surface area is 192 Å². The van der Waals surface area contributed by atoms with E-state index in [2.05, 4.69) is 25.9 Å². The highest BCUT2D eigenvalue weighted by Crippen LogP contribution is 2.36. The van der Waals surface area contributed by atoms with Gasteiger partial charge in [0.2, 0.25) is 11.8 Å². The third-order valence-electron chi connectivity index (χ3n) is 5.11. The quantitative estimate of drug-likeness (QED) is 0.573. The standard InChI is InChI=1S/C21H22FN7O4/c1-23-21(32)18-14(8-16(26-27-18)25-20(31)10-4-5-10)24-15-7-11(22)6-12(19(15)33-3)13-9-17(30)29(2)28-13/h6-8,10H,4-5,9H2,1-3H3,(H,23,32)(H2,24,25,26,31)/i1D3. The summed E-state index contributed by atoms with van der Waals surface area (Å²) < 4.78 is 42.0. The molecule has 1 saturated carbocycles. The first-order valence-corrected chi connectivity index (χ1v) is 9.95. The summed E-state index contributed by atoms with van der Waals surface area (Å²) in [4.78, 5) is 36.7. The Hall–Kier alpha value is -4.09. The predicted molar refractivity (Wildman–Crippen MR) is 117 cm³/mol. The second kappa shape index (κ2) is 8.81. The number of hydrogen-bond donors (Lipinski definition) is 3. The van der Waals surface area contributed by atoms with Crippen LogP contribution in [0, 0.1) is 11.7 Å². The molecule has 1 fully saturated rings. The number of hydrazone groups is 1. The van der Waals surface area contributed by atoms with Crippen LogP contribution in [-0.4, -0.2) is 59.8 Å². The van der Waals surface area contributed by atoms with Crippen molar-refractivity contribution >= 4 is 40.6 Å². The first-order chi connectivity index (χ1) is 16.9. The maximum absolute atomic E-state index is 14.6. The second-order valence-corrected chi connectivity index (χ2v) is 7.51. The van der Waals surface area contributed by atoms with Gasteiger partial charge < -0.3 is 20.7 Å². The number of carbonyl (C=O) groups excluding carboxylic acids is 3. The molecule has 0 atom stereocenters. The van der Waals surface area contributed by atoms with Gasteiger partial charge in [0, 0.05) is 41.7 Å². The fourth-order valence-electron chi connectivity index (χ4n) is 3.29. The summed E-state index contributed by atoms with van der Waals surface area (Å²) in [6.45, 7) is -2.81. The van der Waals surface area contributed by atoms with Crippen molar-refractivity contribution in [1.82, 2.24) is 20.5 Å². The molecule has 3 N–H and O–H groups in total. The maximum Gasteiger partial charge on any atom is 0.273 e. The first-order valence-electron chi connectivity index (χ1n) is 11.4. The fourth-order valence-corrected chi connectivity index (χ4v) is 3.29. The zero-order valence-corrected chi connectivity index (χ0v) is 17.7. The first kappa shape index (κ1) is 18.5. The van der Waals surface area contributed by atoms with E-state index in [4.69, 9.17) is 8.85 Å². The monoisotopic (exact) mass is 458 g/mol. The average Bonchev–Trinajstić information content (AvgIpc) is 3.57. The van der Waals surface area contributed by atoms with E-state index in [1.165, 1.54) is 20.2 Å². The summed E-state index contributed by atoms with van der Waals surface area (Å²) in [5, 5.41) is 20.1. The number of rotatable bonds is 7. The molecule has 2 aliphatic rings. The number of nitrogens with one attached hydrogen (secondary N) is 3. The predicted octanol–water partition coefficient (Wildman–Crippen LogP) is 1.64. The number of benzene rings is 1. The SMILES string of the molecule is [2H]C([2H])([2H])NC(=O)c1nnc(NC(=O)C2CC2)cc1Nc1cc(F)cc(C2=NN(C)C(=O)C2)c1OC. The van der Waals surface area contributed by atoms with Crippen LogP contribution in [0.25, 0.3) is 0 Å². The van der Waals surface area contributed by atoms with Crippen LogP contribution in [0.2, 0.25) is 0 Å². The van der Waals surface area contributed by atoms with Gasteiger partial charge in [-0.1, -0.05) is 0 Å². The molecule has 172 valence electrons. The minimum absolute atomic E-state index is 0.00261. The Balaban J connectivity index is 1.75. The molecule has 1 aromatic heterocycles. The molecule has 1 aromatic carbocycles. The molecular formula is C21H22FN7O4. The second-order valence-electron chi connectivity index (χ2n) is 7.51. The van der Waals surface area contributed by atoms with Crippen molar-refractivity contribution in [3.8, 4) is 5.75 Å². The van der Waals surface area contributed by atoms with Crippen LogP contribution in [0.1, 0.15) is 39.4 Å². The van der Waals surface area contributed by atoms with E-state index in [1.54, 1.807) is 0 Å². The van der Waals surface area contributed by atoms with Gasteiger partial charge >= 0.3 is 0 Å². The van der Waals surface area contributed by atoms with Crippen LogP contribution in [-0.2, 0) is 9.59 Å². The van der Waals surface area contributed by atoms with E-state index in [0.29, 0.717) is 0 Å². The van der Waals surface area contributed by atoms with Gasteiger partial charge in [0.05, 0.1) is 30.6 Å². The van der Waals surface area contributed by atoms with E-state index in [9.17, 15) is 18.8 Å². The van der Waals surface area contributed by atoms with Crippen molar-refractivity contribution in [3.63, 3.8) is 0 Å². The van der Waals surface area contributed by atoms with Crippen molar-refractivity contribution in [2.24, 2.45) is 11.0 Å². The van der Waals surface area contributed by atoms with E-state index in [0.717, 1.165) is 30.0 Å². The molecule has 2 aromatic rings. The third kappa shape index (κ3) is 4.59. The molecule has 33 heavy (non-hydrogen) atoms. The minimum Gasteiger partial charge on any atom is -0.494 e. The average molecular weight is 458 g/mol. The van der Waals surface area contributed by atoms with Crippen LogP contribution in [0.15, 0.2) is 23.3 Å². The smallest absolute Gasteiger partial charge is 0.273 e. The summed E-state index contributed by atoms with van der Waals surface area (Å²) in [6, 6.07) is 3.51. The number of carbonyl (C=O) groups is 3. The highest BCUT2D eigenvalue weighted by atomic mass is 19.1. The molecular weight excluding hydrogens is 433 g/mol. The molecule has 0 unspecified atom stereocenters. The Bertz CT molecular complexity index is 1280. The van der Waals surface area contributed by atoms with Crippen LogP contribution in [0.5, 0.6) is 5.75 Å². The van der Waals surface area contributed by atoms with E-state index in [-0.39, 0.29) is 58.4 Å². The largest absolute Gasteiger partial charge is 0.494 e. The van der Waals surface area contributed by atoms with Gasteiger partial charge in [-0.3, -0.25) is 14.4 Å². The van der Waals surface area contributed by atoms with Crippen molar-refractivity contribution in [2.45, 2.75) is 19.3 Å². The van der Waals surface area contributed by atoms with Crippen LogP contribution >= 0.6 is 0 Å². The molecule has 0 saturated heterocycles. The maximum atomic E-state index is 14.6. The fraction of sp³-hybridized carbons (Fsp3) is 0.333. The normalized spacial score (nSPS) is 16.9. The number of hydrogen-bond acceptors (Lipinski definition) is 8. The Morgan fingerprint density at radius 2 is 2.03 bits per heavy atom. The van der Waals surface area contributed by atoms with Crippen LogP contribution < -0.4 is 20.7 Å². The van der Waals surface area contributed by atoms with Crippen molar-refractivity contribution in [3.05, 3.63) is 35.3 Å². The molecule has 0 radical (unpaired) electrons. The zero-order chi connectivity index (χ0) is 26.2. The molecule has 12 heteroatoms. The van der Waals surface area contributed by atoms with Crippen LogP contribution in [0.4, 0.5) is 21.6 Å². The number of anilines is 3. The lowest BCUT2D eigenvalue weighted by Crippen LogP contribution is -2.22. The Morgan fingerprint density at radius 1 is 1.24 bits per heavy atom. The molecule has 0 spiro atoms. The third-order valence-corrected chi connectivity index (χ3v) is 5.11. The number of nitrogens with zero attached hydrogens (tertiary/aromatic N) is 4. The van der Waals surface area contributed by atoms with Gasteiger partial charge in [0.25, 0.3) is 5.91 Å². The minimum atomic E-state index is -2.81. The van der Waals surface area contributed by atoms with E-state index < -0.39 is 24.4 Å². The highest BCUT2D eigenvalue weighted by molar-refractivity contribution is 6.15. The van der Waals surface area contributed by atoms with Gasteiger partial charge in [-0.15, -0.1) is 10.2 Å². The summed E-state index contributed by atoms with van der Waals surface area (Å²) in [6.07, 6.45) is 1.42. The number of halogens is 1. The molecule has 1 aliphatic carbocycles. The lowest BCUT2D eigenvalue weighted by molar-refractivity contribution is -0.127. The van der Waals surface area contributed by atoms with Crippen molar-refractivity contribution < 1.29 is 27.6 Å². The zero-order valence-electron chi connectivity index (χ0n) is 20.7. The Morgan fingerprint density at radius 3 is 2.67 bits per heavy atom. The molecule has 1 aliphatic heterocycles. The van der Waals surface area contributed by atoms with Gasteiger partial charge in [-0.2, -0.15) is 5.10 Å². The van der Waals surface area contributed by atoms with Gasteiger partial charge in [-0.05, 0) is 18.9 Å². The lowest BCUT2D eigenvalue weighted by atomic mass is 10.0. The van der Waals surface area contributed by atoms with E-state index >= 15 is 0 Å². The topological polar surface area (TPSA) is 138 Å². The molecule has 3 amide bonds. The van der Waals surface area contributed by atoms with Crippen molar-refractivity contribution in [2.75, 3.05) is 31.8 Å². The molecule has 0 bridgehead atoms. The number of amides is 3. The van der Waals surface area contributed by atoms with Crippen molar-refractivity contribution in [1.29, 1.82) is 0 Å². The summed E-state index contributed by atoms with van der Waals surface area (Å²) in [7, 11) is 2.80. The number of ether oxygens (including phenoxy) is 1. The molecule has 4 rings (SSSR count). The lowest BCUT2D eigenvalue weighted by Gasteiger charge is -2.17. The summed E-state index contributed by atoms with van der Waals surface area (Å²) in [5.74, 6) is -2.36.